The van der Waals surface area contributed by atoms with Crippen LogP contribution in [0.5, 0.6) is 0 Å². The van der Waals surface area contributed by atoms with Gasteiger partial charge in [0.25, 0.3) is 0 Å². The summed E-state index contributed by atoms with van der Waals surface area (Å²) >= 11 is 5.82. The molecule has 0 saturated heterocycles. The van der Waals surface area contributed by atoms with E-state index in [2.05, 4.69) is 29.2 Å². The Balaban J connectivity index is 0.000000280. The number of aliphatic hydroxyl groups is 1. The molecule has 1 aromatic rings. The molecule has 0 saturated carbocycles. The van der Waals surface area contributed by atoms with Crippen LogP contribution in [-0.2, 0) is 17.6 Å². The Morgan fingerprint density at radius 3 is 2.00 bits per heavy atom. The molecule has 0 aliphatic carbocycles. The van der Waals surface area contributed by atoms with Crippen molar-refractivity contribution in [2.75, 3.05) is 25.7 Å². The number of rotatable bonds is 2. The van der Waals surface area contributed by atoms with E-state index in [0.717, 1.165) is 25.9 Å². The molecule has 1 heterocycles. The Kier molecular flexibility index (Phi) is 6.72. The smallest absolute Gasteiger partial charge is 0.329 e. The fraction of sp³-hybridized carbons (Fsp3) is 0.462. The first-order valence-electron chi connectivity index (χ1n) is 5.85. The predicted octanol–water partition coefficient (Wildman–Crippen LogP) is 1.35. The molecule has 0 spiro atoms. The largest absolute Gasteiger partial charge is 0.480 e. The summed E-state index contributed by atoms with van der Waals surface area (Å²) in [5.74, 6) is -1.19. The predicted molar refractivity (Wildman–Crippen MR) is 70.9 cm³/mol. The molecule has 1 aromatic carbocycles. The molecule has 0 atom stereocenters. The molecular formula is C13H18ClNO3. The van der Waals surface area contributed by atoms with Crippen molar-refractivity contribution in [3.8, 4) is 0 Å². The number of alkyl halides is 1. The third-order valence-electron chi connectivity index (χ3n) is 2.82. The van der Waals surface area contributed by atoms with E-state index in [1.807, 2.05) is 0 Å². The first-order chi connectivity index (χ1) is 8.67. The molecule has 0 radical (unpaired) electrons. The van der Waals surface area contributed by atoms with E-state index in [9.17, 15) is 0 Å². The van der Waals surface area contributed by atoms with Gasteiger partial charge >= 0.3 is 5.97 Å². The van der Waals surface area contributed by atoms with Crippen molar-refractivity contribution in [1.82, 2.24) is 4.90 Å². The highest BCUT2D eigenvalue weighted by atomic mass is 35.5. The molecule has 0 unspecified atom stereocenters. The van der Waals surface area contributed by atoms with E-state index >= 15 is 0 Å². The molecular weight excluding hydrogens is 254 g/mol. The van der Waals surface area contributed by atoms with Crippen molar-refractivity contribution in [2.45, 2.75) is 12.8 Å². The first kappa shape index (κ1) is 15.0. The second-order valence-electron chi connectivity index (χ2n) is 4.06. The maximum atomic E-state index is 9.12. The van der Waals surface area contributed by atoms with Crippen LogP contribution in [0, 0.1) is 0 Å². The van der Waals surface area contributed by atoms with E-state index in [1.165, 1.54) is 11.1 Å². The minimum Gasteiger partial charge on any atom is -0.480 e. The van der Waals surface area contributed by atoms with Crippen molar-refractivity contribution >= 4 is 17.6 Å². The van der Waals surface area contributed by atoms with Gasteiger partial charge in [-0.05, 0) is 24.0 Å². The van der Waals surface area contributed by atoms with Crippen molar-refractivity contribution < 1.29 is 15.0 Å². The first-order valence-corrected chi connectivity index (χ1v) is 6.38. The van der Waals surface area contributed by atoms with Crippen LogP contribution in [0.2, 0.25) is 0 Å². The number of hydrogen-bond donors (Lipinski definition) is 2. The van der Waals surface area contributed by atoms with Crippen molar-refractivity contribution in [3.05, 3.63) is 35.4 Å². The Labute approximate surface area is 112 Å². The minimum absolute atomic E-state index is 0.661. The Hall–Kier alpha value is -1.10. The second-order valence-corrected chi connectivity index (χ2v) is 4.30. The number of benzene rings is 1. The van der Waals surface area contributed by atoms with Gasteiger partial charge in [0, 0.05) is 13.1 Å². The maximum absolute atomic E-state index is 9.12. The van der Waals surface area contributed by atoms with Crippen LogP contribution in [0.3, 0.4) is 0 Å². The van der Waals surface area contributed by atoms with Crippen LogP contribution < -0.4 is 0 Å². The molecule has 0 fully saturated rings. The molecule has 0 aromatic heterocycles. The molecule has 2 rings (SSSR count). The van der Waals surface area contributed by atoms with Gasteiger partial charge in [0.15, 0.2) is 0 Å². The van der Waals surface area contributed by atoms with Crippen molar-refractivity contribution in [3.63, 3.8) is 0 Å². The molecule has 1 aliphatic heterocycles. The standard InChI is InChI=1S/C11H14ClN.C2H4O3/c12-9-13-7-5-10-3-1-2-4-11(10)6-8-13;3-1-2(4)5/h1-4H,5-9H2;3H,1H2,(H,4,5). The lowest BCUT2D eigenvalue weighted by Crippen LogP contribution is -2.24. The number of carboxylic acid groups (broad SMARTS) is 1. The van der Waals surface area contributed by atoms with E-state index in [1.54, 1.807) is 0 Å². The van der Waals surface area contributed by atoms with Crippen LogP contribution in [0.25, 0.3) is 0 Å². The maximum Gasteiger partial charge on any atom is 0.329 e. The lowest BCUT2D eigenvalue weighted by molar-refractivity contribution is -0.140. The number of halogens is 1. The van der Waals surface area contributed by atoms with Crippen molar-refractivity contribution in [1.29, 1.82) is 0 Å². The number of aliphatic carboxylic acids is 1. The normalized spacial score (nSPS) is 15.0. The summed E-state index contributed by atoms with van der Waals surface area (Å²) in [7, 11) is 0. The van der Waals surface area contributed by atoms with Gasteiger partial charge in [-0.1, -0.05) is 24.3 Å². The zero-order valence-electron chi connectivity index (χ0n) is 10.2. The van der Waals surface area contributed by atoms with Crippen LogP contribution >= 0.6 is 11.6 Å². The third-order valence-corrected chi connectivity index (χ3v) is 3.16. The number of carboxylic acids is 1. The molecule has 2 N–H and O–H groups in total. The van der Waals surface area contributed by atoms with E-state index in [4.69, 9.17) is 26.6 Å². The zero-order valence-corrected chi connectivity index (χ0v) is 10.9. The number of aliphatic hydroxyl groups excluding tert-OH is 1. The Morgan fingerprint density at radius 2 is 1.67 bits per heavy atom. The molecule has 18 heavy (non-hydrogen) atoms. The fourth-order valence-corrected chi connectivity index (χ4v) is 2.07. The van der Waals surface area contributed by atoms with Crippen LogP contribution in [0.15, 0.2) is 24.3 Å². The Bertz CT molecular complexity index is 357. The van der Waals surface area contributed by atoms with Crippen LogP contribution in [-0.4, -0.2) is 46.8 Å². The summed E-state index contributed by atoms with van der Waals surface area (Å²) in [6.07, 6.45) is 2.28. The van der Waals surface area contributed by atoms with Gasteiger partial charge in [0.1, 0.15) is 6.61 Å². The summed E-state index contributed by atoms with van der Waals surface area (Å²) in [4.78, 5) is 11.4. The van der Waals surface area contributed by atoms with Gasteiger partial charge in [-0.15, -0.1) is 11.6 Å². The number of nitrogens with zero attached hydrogens (tertiary/aromatic N) is 1. The SMILES string of the molecule is ClCN1CCc2ccccc2CC1.O=C(O)CO. The fourth-order valence-electron chi connectivity index (χ4n) is 1.83. The van der Waals surface area contributed by atoms with E-state index in [-0.39, 0.29) is 0 Å². The summed E-state index contributed by atoms with van der Waals surface area (Å²) in [6, 6.07) is 9.36. The Morgan fingerprint density at radius 1 is 1.22 bits per heavy atom. The van der Waals surface area contributed by atoms with Crippen LogP contribution in [0.1, 0.15) is 11.1 Å². The van der Waals surface area contributed by atoms with Gasteiger partial charge in [-0.2, -0.15) is 0 Å². The average molecular weight is 272 g/mol. The molecule has 1 aliphatic rings. The van der Waals surface area contributed by atoms with Gasteiger partial charge in [-0.25, -0.2) is 4.79 Å². The lowest BCUT2D eigenvalue weighted by atomic mass is 10.0. The van der Waals surface area contributed by atoms with Gasteiger partial charge in [0.2, 0.25) is 0 Å². The zero-order chi connectivity index (χ0) is 13.4. The highest BCUT2D eigenvalue weighted by Gasteiger charge is 2.11. The topological polar surface area (TPSA) is 60.8 Å². The second kappa shape index (κ2) is 8.08. The monoisotopic (exact) mass is 271 g/mol. The van der Waals surface area contributed by atoms with Crippen molar-refractivity contribution in [2.24, 2.45) is 0 Å². The third kappa shape index (κ3) is 5.04. The quantitative estimate of drug-likeness (QED) is 0.630. The van der Waals surface area contributed by atoms with Gasteiger partial charge in [0.05, 0.1) is 6.00 Å². The molecule has 100 valence electrons. The molecule has 5 heteroatoms. The number of hydrogen-bond acceptors (Lipinski definition) is 3. The summed E-state index contributed by atoms with van der Waals surface area (Å²) in [5, 5.41) is 15.0. The summed E-state index contributed by atoms with van der Waals surface area (Å²) < 4.78 is 0. The minimum atomic E-state index is -1.19. The molecule has 0 bridgehead atoms. The average Bonchev–Trinajstić information content (AvgIpc) is 2.61. The van der Waals surface area contributed by atoms with Gasteiger partial charge in [-0.3, -0.25) is 4.90 Å². The summed E-state index contributed by atoms with van der Waals surface area (Å²) in [6.45, 7) is 1.42. The van der Waals surface area contributed by atoms with Crippen LogP contribution in [0.4, 0.5) is 0 Å². The summed E-state index contributed by atoms with van der Waals surface area (Å²) in [5.41, 5.74) is 2.99. The number of carbonyl (C=O) groups is 1. The number of fused-ring (bicyclic) bond motifs is 1. The van der Waals surface area contributed by atoms with E-state index < -0.39 is 12.6 Å². The van der Waals surface area contributed by atoms with Gasteiger partial charge < -0.3 is 10.2 Å². The van der Waals surface area contributed by atoms with E-state index in [0.29, 0.717) is 6.00 Å². The highest BCUT2D eigenvalue weighted by molar-refractivity contribution is 6.17. The molecule has 0 amide bonds. The highest BCUT2D eigenvalue weighted by Crippen LogP contribution is 2.15. The lowest BCUT2D eigenvalue weighted by Gasteiger charge is -2.14. The molecule has 4 nitrogen and oxygen atoms in total.